The Morgan fingerprint density at radius 3 is 2.71 bits per heavy atom. The SMILES string of the molecule is CC(C)(C)C(=O)NCc1ccc2c(c1)CNC2. The van der Waals surface area contributed by atoms with Crippen LogP contribution in [0.25, 0.3) is 0 Å². The summed E-state index contributed by atoms with van der Waals surface area (Å²) in [5.74, 6) is 0.0936. The molecular formula is C14H20N2O. The summed E-state index contributed by atoms with van der Waals surface area (Å²) in [6.45, 7) is 8.29. The zero-order valence-corrected chi connectivity index (χ0v) is 10.8. The highest BCUT2D eigenvalue weighted by Gasteiger charge is 2.20. The van der Waals surface area contributed by atoms with Gasteiger partial charge in [0.25, 0.3) is 0 Å². The first-order chi connectivity index (χ1) is 7.97. The van der Waals surface area contributed by atoms with Gasteiger partial charge in [0.15, 0.2) is 0 Å². The molecule has 0 aliphatic carbocycles. The average Bonchev–Trinajstić information content (AvgIpc) is 2.71. The van der Waals surface area contributed by atoms with Gasteiger partial charge in [-0.15, -0.1) is 0 Å². The highest BCUT2D eigenvalue weighted by molar-refractivity contribution is 5.81. The number of carbonyl (C=O) groups is 1. The maximum absolute atomic E-state index is 11.7. The third-order valence-corrected chi connectivity index (χ3v) is 3.04. The molecule has 2 rings (SSSR count). The Morgan fingerprint density at radius 1 is 1.29 bits per heavy atom. The van der Waals surface area contributed by atoms with E-state index in [9.17, 15) is 4.79 Å². The number of amides is 1. The maximum Gasteiger partial charge on any atom is 0.225 e. The molecule has 92 valence electrons. The molecule has 0 fully saturated rings. The molecule has 0 spiro atoms. The Bertz CT molecular complexity index is 432. The fourth-order valence-electron chi connectivity index (χ4n) is 1.91. The first-order valence-corrected chi connectivity index (χ1v) is 6.06. The molecule has 0 atom stereocenters. The van der Waals surface area contributed by atoms with Gasteiger partial charge in [0, 0.05) is 25.0 Å². The van der Waals surface area contributed by atoms with Gasteiger partial charge in [-0.2, -0.15) is 0 Å². The Kier molecular flexibility index (Phi) is 3.20. The quantitative estimate of drug-likeness (QED) is 0.818. The largest absolute Gasteiger partial charge is 0.352 e. The van der Waals surface area contributed by atoms with E-state index in [4.69, 9.17) is 0 Å². The normalized spacial score (nSPS) is 14.5. The molecule has 0 saturated heterocycles. The molecule has 1 aliphatic heterocycles. The van der Waals surface area contributed by atoms with Crippen LogP contribution >= 0.6 is 0 Å². The molecule has 0 unspecified atom stereocenters. The van der Waals surface area contributed by atoms with E-state index in [-0.39, 0.29) is 11.3 Å². The van der Waals surface area contributed by atoms with Crippen LogP contribution in [0, 0.1) is 5.41 Å². The Hall–Kier alpha value is -1.35. The van der Waals surface area contributed by atoms with E-state index < -0.39 is 0 Å². The molecule has 2 N–H and O–H groups in total. The smallest absolute Gasteiger partial charge is 0.225 e. The topological polar surface area (TPSA) is 41.1 Å². The van der Waals surface area contributed by atoms with Crippen LogP contribution in [0.15, 0.2) is 18.2 Å². The number of fused-ring (bicyclic) bond motifs is 1. The van der Waals surface area contributed by atoms with Crippen LogP contribution in [-0.4, -0.2) is 5.91 Å². The predicted octanol–water partition coefficient (Wildman–Crippen LogP) is 1.95. The summed E-state index contributed by atoms with van der Waals surface area (Å²) in [6, 6.07) is 6.42. The molecule has 1 aromatic rings. The number of hydrogen-bond acceptors (Lipinski definition) is 2. The van der Waals surface area contributed by atoms with Gasteiger partial charge in [0.1, 0.15) is 0 Å². The van der Waals surface area contributed by atoms with Crippen molar-refractivity contribution in [3.05, 3.63) is 34.9 Å². The maximum atomic E-state index is 11.7. The average molecular weight is 232 g/mol. The molecule has 17 heavy (non-hydrogen) atoms. The summed E-state index contributed by atoms with van der Waals surface area (Å²) in [5, 5.41) is 6.29. The van der Waals surface area contributed by atoms with Gasteiger partial charge in [-0.25, -0.2) is 0 Å². The summed E-state index contributed by atoms with van der Waals surface area (Å²) >= 11 is 0. The zero-order chi connectivity index (χ0) is 12.5. The number of hydrogen-bond donors (Lipinski definition) is 2. The van der Waals surface area contributed by atoms with Crippen molar-refractivity contribution in [1.29, 1.82) is 0 Å². The lowest BCUT2D eigenvalue weighted by atomic mass is 9.95. The van der Waals surface area contributed by atoms with Crippen molar-refractivity contribution in [2.75, 3.05) is 0 Å². The van der Waals surface area contributed by atoms with E-state index in [0.717, 1.165) is 13.1 Å². The molecule has 3 nitrogen and oxygen atoms in total. The van der Waals surface area contributed by atoms with Crippen molar-refractivity contribution < 1.29 is 4.79 Å². The van der Waals surface area contributed by atoms with Crippen LogP contribution in [0.5, 0.6) is 0 Å². The fourth-order valence-corrected chi connectivity index (χ4v) is 1.91. The van der Waals surface area contributed by atoms with E-state index in [1.165, 1.54) is 16.7 Å². The molecule has 0 aromatic heterocycles. The van der Waals surface area contributed by atoms with E-state index >= 15 is 0 Å². The minimum atomic E-state index is -0.321. The van der Waals surface area contributed by atoms with Crippen molar-refractivity contribution in [3.8, 4) is 0 Å². The molecule has 1 aliphatic rings. The van der Waals surface area contributed by atoms with Crippen LogP contribution in [-0.2, 0) is 24.4 Å². The predicted molar refractivity (Wildman–Crippen MR) is 68.3 cm³/mol. The van der Waals surface area contributed by atoms with Gasteiger partial charge < -0.3 is 10.6 Å². The van der Waals surface area contributed by atoms with Crippen LogP contribution in [0.3, 0.4) is 0 Å². The standard InChI is InChI=1S/C14H20N2O/c1-14(2,3)13(17)16-7-10-4-5-11-8-15-9-12(11)6-10/h4-6,15H,7-9H2,1-3H3,(H,16,17). The molecule has 1 aromatic carbocycles. The summed E-state index contributed by atoms with van der Waals surface area (Å²) in [5.41, 5.74) is 3.58. The second-order valence-electron chi connectivity index (χ2n) is 5.64. The zero-order valence-electron chi connectivity index (χ0n) is 10.8. The van der Waals surface area contributed by atoms with Crippen molar-refractivity contribution in [2.24, 2.45) is 5.41 Å². The number of benzene rings is 1. The Labute approximate surface area is 103 Å². The van der Waals surface area contributed by atoms with Gasteiger partial charge in [-0.05, 0) is 16.7 Å². The summed E-state index contributed by atoms with van der Waals surface area (Å²) in [7, 11) is 0. The molecular weight excluding hydrogens is 212 g/mol. The minimum Gasteiger partial charge on any atom is -0.352 e. The molecule has 1 heterocycles. The molecule has 0 saturated carbocycles. The van der Waals surface area contributed by atoms with Crippen molar-refractivity contribution in [2.45, 2.75) is 40.4 Å². The number of nitrogens with one attached hydrogen (secondary N) is 2. The van der Waals surface area contributed by atoms with E-state index in [1.807, 2.05) is 20.8 Å². The lowest BCUT2D eigenvalue weighted by molar-refractivity contribution is -0.128. The summed E-state index contributed by atoms with van der Waals surface area (Å²) in [4.78, 5) is 11.7. The molecule has 0 bridgehead atoms. The third-order valence-electron chi connectivity index (χ3n) is 3.04. The van der Waals surface area contributed by atoms with Gasteiger partial charge in [-0.3, -0.25) is 4.79 Å². The second-order valence-corrected chi connectivity index (χ2v) is 5.64. The molecule has 0 radical (unpaired) electrons. The van der Waals surface area contributed by atoms with Crippen molar-refractivity contribution in [3.63, 3.8) is 0 Å². The first kappa shape index (κ1) is 12.1. The van der Waals surface area contributed by atoms with Crippen molar-refractivity contribution in [1.82, 2.24) is 10.6 Å². The van der Waals surface area contributed by atoms with Crippen molar-refractivity contribution >= 4 is 5.91 Å². The van der Waals surface area contributed by atoms with Gasteiger partial charge in [0.2, 0.25) is 5.91 Å². The van der Waals surface area contributed by atoms with Gasteiger partial charge >= 0.3 is 0 Å². The van der Waals surface area contributed by atoms with Crippen LogP contribution < -0.4 is 10.6 Å². The summed E-state index contributed by atoms with van der Waals surface area (Å²) in [6.07, 6.45) is 0. The van der Waals surface area contributed by atoms with Gasteiger partial charge in [0.05, 0.1) is 0 Å². The van der Waals surface area contributed by atoms with Crippen LogP contribution in [0.1, 0.15) is 37.5 Å². The lowest BCUT2D eigenvalue weighted by Crippen LogP contribution is -2.34. The third kappa shape index (κ3) is 2.86. The highest BCUT2D eigenvalue weighted by Crippen LogP contribution is 2.17. The van der Waals surface area contributed by atoms with E-state index in [2.05, 4.69) is 28.8 Å². The Balaban J connectivity index is 1.98. The van der Waals surface area contributed by atoms with Crippen LogP contribution in [0.2, 0.25) is 0 Å². The second kappa shape index (κ2) is 4.49. The number of rotatable bonds is 2. The van der Waals surface area contributed by atoms with Gasteiger partial charge in [-0.1, -0.05) is 39.0 Å². The molecule has 3 heteroatoms. The summed E-state index contributed by atoms with van der Waals surface area (Å²) < 4.78 is 0. The first-order valence-electron chi connectivity index (χ1n) is 6.06. The molecule has 1 amide bonds. The lowest BCUT2D eigenvalue weighted by Gasteiger charge is -2.17. The highest BCUT2D eigenvalue weighted by atomic mass is 16.2. The minimum absolute atomic E-state index is 0.0936. The van der Waals surface area contributed by atoms with E-state index in [1.54, 1.807) is 0 Å². The number of carbonyl (C=O) groups excluding carboxylic acids is 1. The van der Waals surface area contributed by atoms with Crippen LogP contribution in [0.4, 0.5) is 0 Å². The Morgan fingerprint density at radius 2 is 2.00 bits per heavy atom. The fraction of sp³-hybridized carbons (Fsp3) is 0.500. The van der Waals surface area contributed by atoms with E-state index in [0.29, 0.717) is 6.54 Å². The monoisotopic (exact) mass is 232 g/mol.